The van der Waals surface area contributed by atoms with Crippen LogP contribution in [0.5, 0.6) is 0 Å². The van der Waals surface area contributed by atoms with E-state index in [-0.39, 0.29) is 11.8 Å². The molecule has 2 aromatic rings. The normalized spacial score (nSPS) is 15.2. The lowest BCUT2D eigenvalue weighted by Gasteiger charge is -2.31. The Hall–Kier alpha value is -2.34. The van der Waals surface area contributed by atoms with Crippen molar-refractivity contribution in [2.24, 2.45) is 0 Å². The Kier molecular flexibility index (Phi) is 6.39. The van der Waals surface area contributed by atoms with Gasteiger partial charge in [0, 0.05) is 0 Å². The van der Waals surface area contributed by atoms with Crippen LogP contribution in [0.4, 0.5) is 5.69 Å². The van der Waals surface area contributed by atoms with E-state index in [0.29, 0.717) is 24.1 Å². The molecule has 150 valence electrons. The summed E-state index contributed by atoms with van der Waals surface area (Å²) in [4.78, 5) is 11.6. The third-order valence-electron chi connectivity index (χ3n) is 5.27. The molecule has 0 heterocycles. The van der Waals surface area contributed by atoms with Gasteiger partial charge < -0.3 is 4.74 Å². The van der Waals surface area contributed by atoms with Crippen LogP contribution in [0.15, 0.2) is 48.5 Å². The zero-order valence-corrected chi connectivity index (χ0v) is 17.2. The second kappa shape index (κ2) is 8.78. The number of aryl methyl sites for hydroxylation is 1. The van der Waals surface area contributed by atoms with Crippen molar-refractivity contribution in [3.05, 3.63) is 65.2 Å². The molecule has 0 aromatic heterocycles. The second-order valence-electron chi connectivity index (χ2n) is 7.34. The van der Waals surface area contributed by atoms with E-state index in [1.165, 1.54) is 11.4 Å². The number of esters is 1. The molecule has 28 heavy (non-hydrogen) atoms. The van der Waals surface area contributed by atoms with E-state index in [1.807, 2.05) is 31.2 Å². The number of carbonyl (C=O) groups is 1. The Balaban J connectivity index is 1.93. The van der Waals surface area contributed by atoms with Gasteiger partial charge in [-0.2, -0.15) is 0 Å². The molecule has 0 radical (unpaired) electrons. The minimum atomic E-state index is -3.48. The number of anilines is 1. The summed E-state index contributed by atoms with van der Waals surface area (Å²) in [5, 5.41) is -0.337. The zero-order chi connectivity index (χ0) is 20.1. The molecule has 3 rings (SSSR count). The number of rotatable bonds is 6. The Morgan fingerprint density at radius 2 is 1.75 bits per heavy atom. The quantitative estimate of drug-likeness (QED) is 0.671. The van der Waals surface area contributed by atoms with Crippen molar-refractivity contribution in [1.82, 2.24) is 0 Å². The highest BCUT2D eigenvalue weighted by Crippen LogP contribution is 2.31. The summed E-state index contributed by atoms with van der Waals surface area (Å²) in [5.74, 6) is -0.406. The average molecular weight is 402 g/mol. The Morgan fingerprint density at radius 3 is 2.36 bits per heavy atom. The number of methoxy groups -OCH3 is 1. The molecule has 0 amide bonds. The Bertz CT molecular complexity index is 916. The van der Waals surface area contributed by atoms with E-state index >= 15 is 0 Å². The predicted octanol–water partition coefficient (Wildman–Crippen LogP) is 4.45. The number of benzene rings is 2. The molecule has 5 nitrogen and oxygen atoms in total. The molecule has 1 fully saturated rings. The molecule has 0 spiro atoms. The van der Waals surface area contributed by atoms with Crippen molar-refractivity contribution in [2.45, 2.75) is 50.8 Å². The van der Waals surface area contributed by atoms with Gasteiger partial charge in [-0.1, -0.05) is 43.5 Å². The fourth-order valence-corrected chi connectivity index (χ4v) is 5.71. The van der Waals surface area contributed by atoms with Gasteiger partial charge in [0.2, 0.25) is 10.0 Å². The Labute approximate surface area is 167 Å². The summed E-state index contributed by atoms with van der Waals surface area (Å²) < 4.78 is 33.2. The smallest absolute Gasteiger partial charge is 0.337 e. The maximum atomic E-state index is 13.5. The summed E-state index contributed by atoms with van der Waals surface area (Å²) in [5.41, 5.74) is 2.97. The maximum Gasteiger partial charge on any atom is 0.337 e. The van der Waals surface area contributed by atoms with E-state index < -0.39 is 16.0 Å². The molecule has 0 aliphatic heterocycles. The lowest BCUT2D eigenvalue weighted by Crippen LogP contribution is -2.39. The van der Waals surface area contributed by atoms with Crippen molar-refractivity contribution in [3.8, 4) is 0 Å². The first-order valence-corrected chi connectivity index (χ1v) is 11.2. The number of nitrogens with zero attached hydrogens (tertiary/aromatic N) is 1. The van der Waals surface area contributed by atoms with Gasteiger partial charge in [0.15, 0.2) is 0 Å². The largest absolute Gasteiger partial charge is 0.465 e. The van der Waals surface area contributed by atoms with Gasteiger partial charge in [0.05, 0.1) is 30.2 Å². The minimum absolute atomic E-state index is 0.240. The van der Waals surface area contributed by atoms with Gasteiger partial charge in [0.1, 0.15) is 0 Å². The topological polar surface area (TPSA) is 63.7 Å². The van der Waals surface area contributed by atoms with Crippen molar-refractivity contribution in [3.63, 3.8) is 0 Å². The first-order chi connectivity index (χ1) is 13.4. The van der Waals surface area contributed by atoms with Gasteiger partial charge in [-0.15, -0.1) is 0 Å². The van der Waals surface area contributed by atoms with Crippen LogP contribution in [0.3, 0.4) is 0 Å². The molecule has 0 atom stereocenters. The number of sulfonamides is 1. The molecule has 1 aliphatic carbocycles. The molecule has 0 unspecified atom stereocenters. The summed E-state index contributed by atoms with van der Waals surface area (Å²) in [6, 6.07) is 14.5. The zero-order valence-electron chi connectivity index (χ0n) is 16.4. The van der Waals surface area contributed by atoms with E-state index in [9.17, 15) is 13.2 Å². The molecule has 6 heteroatoms. The predicted molar refractivity (Wildman–Crippen MR) is 111 cm³/mol. The third kappa shape index (κ3) is 4.55. The molecular formula is C22H27NO4S. The van der Waals surface area contributed by atoms with E-state index in [1.54, 1.807) is 24.3 Å². The van der Waals surface area contributed by atoms with Gasteiger partial charge in [-0.05, 0) is 55.2 Å². The summed E-state index contributed by atoms with van der Waals surface area (Å²) in [7, 11) is -2.14. The maximum absolute atomic E-state index is 13.5. The van der Waals surface area contributed by atoms with Crippen molar-refractivity contribution >= 4 is 21.7 Å². The molecule has 0 N–H and O–H groups in total. The number of hydrogen-bond acceptors (Lipinski definition) is 4. The van der Waals surface area contributed by atoms with E-state index in [4.69, 9.17) is 4.74 Å². The molecule has 2 aromatic carbocycles. The van der Waals surface area contributed by atoms with Crippen LogP contribution in [-0.2, 0) is 21.3 Å². The van der Waals surface area contributed by atoms with Crippen molar-refractivity contribution in [1.29, 1.82) is 0 Å². The number of carbonyl (C=O) groups excluding carboxylic acids is 1. The number of hydrogen-bond donors (Lipinski definition) is 0. The van der Waals surface area contributed by atoms with Crippen LogP contribution in [0.1, 0.15) is 53.6 Å². The number of ether oxygens (including phenoxy) is 1. The molecule has 1 aliphatic rings. The monoisotopic (exact) mass is 401 g/mol. The van der Waals surface area contributed by atoms with Crippen LogP contribution in [0, 0.1) is 6.92 Å². The highest BCUT2D eigenvalue weighted by molar-refractivity contribution is 7.93. The molecule has 0 saturated heterocycles. The van der Waals surface area contributed by atoms with Gasteiger partial charge >= 0.3 is 5.97 Å². The molecule has 0 bridgehead atoms. The van der Waals surface area contributed by atoms with E-state index in [2.05, 4.69) is 0 Å². The Morgan fingerprint density at radius 1 is 1.07 bits per heavy atom. The highest BCUT2D eigenvalue weighted by atomic mass is 32.2. The minimum Gasteiger partial charge on any atom is -0.465 e. The standard InChI is InChI=1S/C22H27NO4S/c1-17-7-6-8-20(15-17)23(28(25,26)21-9-4-3-5-10-21)16-18-11-13-19(14-12-18)22(24)27-2/h6-8,11-15,21H,3-5,9-10,16H2,1-2H3. The van der Waals surface area contributed by atoms with Crippen molar-refractivity contribution < 1.29 is 17.9 Å². The SMILES string of the molecule is COC(=O)c1ccc(CN(c2cccc(C)c2)S(=O)(=O)C2CCCCC2)cc1. The molecular weight excluding hydrogens is 374 g/mol. The summed E-state index contributed by atoms with van der Waals surface area (Å²) in [6.07, 6.45) is 4.45. The highest BCUT2D eigenvalue weighted by Gasteiger charge is 2.33. The van der Waals surface area contributed by atoms with Crippen LogP contribution in [0.25, 0.3) is 0 Å². The molecule has 1 saturated carbocycles. The van der Waals surface area contributed by atoms with Gasteiger partial charge in [0.25, 0.3) is 0 Å². The fraction of sp³-hybridized carbons (Fsp3) is 0.409. The lowest BCUT2D eigenvalue weighted by molar-refractivity contribution is 0.0600. The van der Waals surface area contributed by atoms with Gasteiger partial charge in [-0.3, -0.25) is 4.31 Å². The van der Waals surface area contributed by atoms with Crippen LogP contribution in [0.2, 0.25) is 0 Å². The third-order valence-corrected chi connectivity index (χ3v) is 7.54. The first-order valence-electron chi connectivity index (χ1n) is 9.67. The summed E-state index contributed by atoms with van der Waals surface area (Å²) >= 11 is 0. The van der Waals surface area contributed by atoms with Crippen molar-refractivity contribution in [2.75, 3.05) is 11.4 Å². The fourth-order valence-electron chi connectivity index (χ4n) is 3.68. The first kappa shape index (κ1) is 20.4. The van der Waals surface area contributed by atoms with Crippen LogP contribution in [-0.4, -0.2) is 26.7 Å². The lowest BCUT2D eigenvalue weighted by atomic mass is 10.0. The van der Waals surface area contributed by atoms with Crippen LogP contribution >= 0.6 is 0 Å². The van der Waals surface area contributed by atoms with Gasteiger partial charge in [-0.25, -0.2) is 13.2 Å². The second-order valence-corrected chi connectivity index (χ2v) is 9.48. The van der Waals surface area contributed by atoms with Crippen LogP contribution < -0.4 is 4.31 Å². The average Bonchev–Trinajstić information content (AvgIpc) is 2.72. The van der Waals surface area contributed by atoms with E-state index in [0.717, 1.165) is 30.4 Å². The summed E-state index contributed by atoms with van der Waals surface area (Å²) in [6.45, 7) is 2.20.